The summed E-state index contributed by atoms with van der Waals surface area (Å²) in [5, 5.41) is 13.4. The minimum Gasteiger partial charge on any atom is -0.390 e. The van der Waals surface area contributed by atoms with Gasteiger partial charge in [-0.15, -0.1) is 0 Å². The van der Waals surface area contributed by atoms with Crippen molar-refractivity contribution in [3.63, 3.8) is 0 Å². The Morgan fingerprint density at radius 2 is 2.00 bits per heavy atom. The molecule has 2 N–H and O–H groups in total. The Kier molecular flexibility index (Phi) is 8.67. The van der Waals surface area contributed by atoms with E-state index in [1.54, 1.807) is 0 Å². The van der Waals surface area contributed by atoms with E-state index in [0.29, 0.717) is 0 Å². The standard InChI is InChI=1S/C16H34N2O/c1-4-18(5-2)13-16(19)12-17-10-9-15-8-6-7-14(3)11-15/h14-17,19H,4-13H2,1-3H3. The van der Waals surface area contributed by atoms with Crippen LogP contribution in [0.1, 0.15) is 52.9 Å². The van der Waals surface area contributed by atoms with Gasteiger partial charge in [-0.3, -0.25) is 0 Å². The monoisotopic (exact) mass is 270 g/mol. The molecule has 3 unspecified atom stereocenters. The molecule has 114 valence electrons. The first-order chi connectivity index (χ1) is 9.15. The quantitative estimate of drug-likeness (QED) is 0.632. The van der Waals surface area contributed by atoms with E-state index in [1.807, 2.05) is 0 Å². The van der Waals surface area contributed by atoms with E-state index in [2.05, 4.69) is 31.0 Å². The van der Waals surface area contributed by atoms with Gasteiger partial charge in [-0.05, 0) is 44.3 Å². The lowest BCUT2D eigenvalue weighted by molar-refractivity contribution is 0.116. The molecular formula is C16H34N2O. The van der Waals surface area contributed by atoms with E-state index < -0.39 is 0 Å². The third kappa shape index (κ3) is 7.28. The van der Waals surface area contributed by atoms with Crippen LogP contribution in [0.2, 0.25) is 0 Å². The maximum atomic E-state index is 9.96. The molecule has 1 fully saturated rings. The molecule has 0 aromatic heterocycles. The van der Waals surface area contributed by atoms with Crippen LogP contribution in [-0.2, 0) is 0 Å². The molecule has 0 saturated heterocycles. The van der Waals surface area contributed by atoms with Gasteiger partial charge in [0.25, 0.3) is 0 Å². The summed E-state index contributed by atoms with van der Waals surface area (Å²) in [5.74, 6) is 1.84. The number of rotatable bonds is 9. The minimum absolute atomic E-state index is 0.231. The van der Waals surface area contributed by atoms with Gasteiger partial charge in [0, 0.05) is 13.1 Å². The summed E-state index contributed by atoms with van der Waals surface area (Å²) in [7, 11) is 0. The summed E-state index contributed by atoms with van der Waals surface area (Å²) >= 11 is 0. The molecule has 0 bridgehead atoms. The van der Waals surface area contributed by atoms with Crippen LogP contribution >= 0.6 is 0 Å². The summed E-state index contributed by atoms with van der Waals surface area (Å²) in [6.07, 6.45) is 6.70. The molecule has 0 aliphatic heterocycles. The van der Waals surface area contributed by atoms with Crippen molar-refractivity contribution in [2.24, 2.45) is 11.8 Å². The van der Waals surface area contributed by atoms with Gasteiger partial charge in [0.15, 0.2) is 0 Å². The summed E-state index contributed by atoms with van der Waals surface area (Å²) in [6.45, 7) is 11.3. The SMILES string of the molecule is CCN(CC)CC(O)CNCCC1CCCC(C)C1. The molecular weight excluding hydrogens is 236 g/mol. The average Bonchev–Trinajstić information content (AvgIpc) is 2.41. The van der Waals surface area contributed by atoms with Crippen LogP contribution in [0, 0.1) is 11.8 Å². The highest BCUT2D eigenvalue weighted by molar-refractivity contribution is 4.72. The molecule has 19 heavy (non-hydrogen) atoms. The molecule has 0 heterocycles. The Bertz CT molecular complexity index is 219. The zero-order valence-electron chi connectivity index (χ0n) is 13.2. The van der Waals surface area contributed by atoms with Crippen molar-refractivity contribution in [2.45, 2.75) is 59.0 Å². The van der Waals surface area contributed by atoms with Crippen molar-refractivity contribution in [2.75, 3.05) is 32.7 Å². The van der Waals surface area contributed by atoms with Crippen LogP contribution in [0.5, 0.6) is 0 Å². The largest absolute Gasteiger partial charge is 0.390 e. The molecule has 3 nitrogen and oxygen atoms in total. The van der Waals surface area contributed by atoms with Crippen molar-refractivity contribution < 1.29 is 5.11 Å². The number of likely N-dealkylation sites (N-methyl/N-ethyl adjacent to an activating group) is 1. The number of aliphatic hydroxyl groups is 1. The van der Waals surface area contributed by atoms with Gasteiger partial charge in [0.1, 0.15) is 0 Å². The lowest BCUT2D eigenvalue weighted by Gasteiger charge is -2.27. The fourth-order valence-corrected chi connectivity index (χ4v) is 3.24. The Balaban J connectivity index is 2.03. The first kappa shape index (κ1) is 16.9. The average molecular weight is 270 g/mol. The van der Waals surface area contributed by atoms with Gasteiger partial charge in [-0.25, -0.2) is 0 Å². The Morgan fingerprint density at radius 3 is 2.63 bits per heavy atom. The van der Waals surface area contributed by atoms with Gasteiger partial charge >= 0.3 is 0 Å². The topological polar surface area (TPSA) is 35.5 Å². The van der Waals surface area contributed by atoms with Gasteiger partial charge in [-0.2, -0.15) is 0 Å². The summed E-state index contributed by atoms with van der Waals surface area (Å²) in [4.78, 5) is 2.27. The van der Waals surface area contributed by atoms with Crippen LogP contribution in [0.3, 0.4) is 0 Å². The zero-order chi connectivity index (χ0) is 14.1. The fraction of sp³-hybridized carbons (Fsp3) is 1.00. The highest BCUT2D eigenvalue weighted by atomic mass is 16.3. The van der Waals surface area contributed by atoms with Crippen molar-refractivity contribution in [1.29, 1.82) is 0 Å². The van der Waals surface area contributed by atoms with Gasteiger partial charge in [0.2, 0.25) is 0 Å². The van der Waals surface area contributed by atoms with E-state index in [4.69, 9.17) is 0 Å². The lowest BCUT2D eigenvalue weighted by atomic mass is 9.81. The maximum absolute atomic E-state index is 9.96. The molecule has 0 aromatic carbocycles. The van der Waals surface area contributed by atoms with Gasteiger partial charge in [0.05, 0.1) is 6.10 Å². The fourth-order valence-electron chi connectivity index (χ4n) is 3.24. The van der Waals surface area contributed by atoms with E-state index in [-0.39, 0.29) is 6.10 Å². The van der Waals surface area contributed by atoms with E-state index in [9.17, 15) is 5.11 Å². The second-order valence-electron chi connectivity index (χ2n) is 6.27. The number of hydrogen-bond donors (Lipinski definition) is 2. The number of hydrogen-bond acceptors (Lipinski definition) is 3. The Labute approximate surface area is 119 Å². The van der Waals surface area contributed by atoms with Crippen LogP contribution in [-0.4, -0.2) is 48.8 Å². The van der Waals surface area contributed by atoms with Crippen LogP contribution in [0.15, 0.2) is 0 Å². The summed E-state index contributed by atoms with van der Waals surface area (Å²) < 4.78 is 0. The minimum atomic E-state index is -0.231. The maximum Gasteiger partial charge on any atom is 0.0791 e. The first-order valence-corrected chi connectivity index (χ1v) is 8.26. The third-order valence-electron chi connectivity index (χ3n) is 4.52. The Morgan fingerprint density at radius 1 is 1.26 bits per heavy atom. The van der Waals surface area contributed by atoms with Crippen LogP contribution < -0.4 is 5.32 Å². The van der Waals surface area contributed by atoms with E-state index in [1.165, 1.54) is 32.1 Å². The third-order valence-corrected chi connectivity index (χ3v) is 4.52. The number of nitrogens with zero attached hydrogens (tertiary/aromatic N) is 1. The van der Waals surface area contributed by atoms with Crippen LogP contribution in [0.4, 0.5) is 0 Å². The second kappa shape index (κ2) is 9.73. The lowest BCUT2D eigenvalue weighted by Crippen LogP contribution is -2.38. The Hall–Kier alpha value is -0.120. The summed E-state index contributed by atoms with van der Waals surface area (Å²) in [5.41, 5.74) is 0. The molecule has 0 aromatic rings. The van der Waals surface area contributed by atoms with E-state index >= 15 is 0 Å². The van der Waals surface area contributed by atoms with Crippen molar-refractivity contribution in [3.8, 4) is 0 Å². The molecule has 1 rings (SSSR count). The molecule has 1 saturated carbocycles. The highest BCUT2D eigenvalue weighted by Gasteiger charge is 2.18. The normalized spacial score (nSPS) is 25.7. The molecule has 3 heteroatoms. The first-order valence-electron chi connectivity index (χ1n) is 8.26. The highest BCUT2D eigenvalue weighted by Crippen LogP contribution is 2.30. The van der Waals surface area contributed by atoms with Crippen molar-refractivity contribution >= 4 is 0 Å². The number of aliphatic hydroxyl groups excluding tert-OH is 1. The second-order valence-corrected chi connectivity index (χ2v) is 6.27. The van der Waals surface area contributed by atoms with Crippen LogP contribution in [0.25, 0.3) is 0 Å². The molecule has 0 amide bonds. The molecule has 0 spiro atoms. The predicted octanol–water partition coefficient (Wildman–Crippen LogP) is 2.50. The van der Waals surface area contributed by atoms with Crippen molar-refractivity contribution in [1.82, 2.24) is 10.2 Å². The molecule has 1 aliphatic carbocycles. The van der Waals surface area contributed by atoms with E-state index in [0.717, 1.165) is 44.6 Å². The zero-order valence-corrected chi connectivity index (χ0v) is 13.2. The smallest absolute Gasteiger partial charge is 0.0791 e. The molecule has 0 radical (unpaired) electrons. The number of nitrogens with one attached hydrogen (secondary N) is 1. The van der Waals surface area contributed by atoms with Crippen molar-refractivity contribution in [3.05, 3.63) is 0 Å². The predicted molar refractivity (Wildman–Crippen MR) is 82.4 cm³/mol. The van der Waals surface area contributed by atoms with Gasteiger partial charge in [-0.1, -0.05) is 40.0 Å². The van der Waals surface area contributed by atoms with Gasteiger partial charge < -0.3 is 15.3 Å². The summed E-state index contributed by atoms with van der Waals surface area (Å²) in [6, 6.07) is 0. The molecule has 3 atom stereocenters. The molecule has 1 aliphatic rings.